The standard InChI is InChI=1S/C20H22N2O3.C19H22N2O2/c1-22(15-6-4-3-5-7-15)20(23)18-11-14-10-13-8-9-16(24-2)12-17(13)21-19(14)25-18;1-4-6-9-21(5-2)19(22)17-12-15-11-14-8-7-13(3)10-16(14)20-18(15)23-17/h8-12,15H,3-7H2,1-2H3;7-8,10-12H,4-6,9H2,1-3H3. The van der Waals surface area contributed by atoms with Gasteiger partial charge in [-0.3, -0.25) is 9.59 Å². The van der Waals surface area contributed by atoms with Crippen LogP contribution in [0, 0.1) is 6.92 Å². The molecule has 1 aliphatic carbocycles. The van der Waals surface area contributed by atoms with E-state index < -0.39 is 0 Å². The number of aromatic nitrogens is 2. The highest BCUT2D eigenvalue weighted by Crippen LogP contribution is 2.28. The molecule has 0 bridgehead atoms. The first kappa shape index (κ1) is 33.0. The van der Waals surface area contributed by atoms with Crippen LogP contribution in [0.3, 0.4) is 0 Å². The van der Waals surface area contributed by atoms with Crippen LogP contribution in [-0.2, 0) is 0 Å². The van der Waals surface area contributed by atoms with Crippen LogP contribution in [0.25, 0.3) is 44.0 Å². The van der Waals surface area contributed by atoms with E-state index in [1.165, 1.54) is 19.3 Å². The predicted octanol–water partition coefficient (Wildman–Crippen LogP) is 8.95. The van der Waals surface area contributed by atoms with Crippen molar-refractivity contribution in [2.75, 3.05) is 27.2 Å². The van der Waals surface area contributed by atoms with E-state index in [1.807, 2.05) is 73.2 Å². The number of carbonyl (C=O) groups is 2. The maximum absolute atomic E-state index is 12.8. The Kier molecular flexibility index (Phi) is 9.94. The third-order valence-corrected chi connectivity index (χ3v) is 9.28. The minimum Gasteiger partial charge on any atom is -0.497 e. The summed E-state index contributed by atoms with van der Waals surface area (Å²) in [5.41, 5.74) is 3.85. The number of hydrogen-bond donors (Lipinski definition) is 0. The second-order valence-electron chi connectivity index (χ2n) is 12.7. The highest BCUT2D eigenvalue weighted by molar-refractivity contribution is 5.99. The Morgan fingerprint density at radius 2 is 1.40 bits per heavy atom. The number of methoxy groups -OCH3 is 1. The summed E-state index contributed by atoms with van der Waals surface area (Å²) in [4.78, 5) is 38.1. The number of fused-ring (bicyclic) bond motifs is 4. The van der Waals surface area contributed by atoms with Gasteiger partial charge in [-0.2, -0.15) is 0 Å². The summed E-state index contributed by atoms with van der Waals surface area (Å²) < 4.78 is 16.8. The van der Waals surface area contributed by atoms with Crippen LogP contribution in [0.1, 0.15) is 85.5 Å². The second kappa shape index (κ2) is 14.5. The van der Waals surface area contributed by atoms with Crippen molar-refractivity contribution in [3.05, 3.63) is 77.7 Å². The van der Waals surface area contributed by atoms with Crippen LogP contribution < -0.4 is 4.74 Å². The first-order chi connectivity index (χ1) is 23.3. The van der Waals surface area contributed by atoms with Crippen molar-refractivity contribution >= 4 is 55.8 Å². The highest BCUT2D eigenvalue weighted by atomic mass is 16.5. The molecule has 7 rings (SSSR count). The Labute approximate surface area is 280 Å². The van der Waals surface area contributed by atoms with E-state index in [9.17, 15) is 9.59 Å². The first-order valence-corrected chi connectivity index (χ1v) is 17.0. The molecule has 2 amide bonds. The number of hydrogen-bond acceptors (Lipinski definition) is 7. The quantitative estimate of drug-likeness (QED) is 0.162. The summed E-state index contributed by atoms with van der Waals surface area (Å²) in [7, 11) is 3.50. The molecule has 1 aliphatic rings. The Morgan fingerprint density at radius 3 is 2.00 bits per heavy atom. The number of rotatable bonds is 8. The lowest BCUT2D eigenvalue weighted by Gasteiger charge is -2.30. The lowest BCUT2D eigenvalue weighted by Crippen LogP contribution is -2.38. The molecule has 1 fully saturated rings. The van der Waals surface area contributed by atoms with Gasteiger partial charge in [0.1, 0.15) is 5.75 Å². The smallest absolute Gasteiger partial charge is 0.289 e. The van der Waals surface area contributed by atoms with Crippen LogP contribution in [0.2, 0.25) is 0 Å². The number of aryl methyl sites for hydroxylation is 1. The largest absolute Gasteiger partial charge is 0.497 e. The fourth-order valence-electron chi connectivity index (χ4n) is 6.40. The number of nitrogens with zero attached hydrogens (tertiary/aromatic N) is 4. The molecule has 0 atom stereocenters. The second-order valence-corrected chi connectivity index (χ2v) is 12.7. The summed E-state index contributed by atoms with van der Waals surface area (Å²) in [6.07, 6.45) is 7.86. The third kappa shape index (κ3) is 7.00. The van der Waals surface area contributed by atoms with Gasteiger partial charge in [-0.1, -0.05) is 44.7 Å². The molecule has 9 heteroatoms. The van der Waals surface area contributed by atoms with Crippen molar-refractivity contribution in [1.29, 1.82) is 0 Å². The molecule has 48 heavy (non-hydrogen) atoms. The van der Waals surface area contributed by atoms with Crippen molar-refractivity contribution in [2.45, 2.75) is 71.8 Å². The van der Waals surface area contributed by atoms with Crippen molar-refractivity contribution in [2.24, 2.45) is 0 Å². The van der Waals surface area contributed by atoms with Gasteiger partial charge in [-0.15, -0.1) is 0 Å². The van der Waals surface area contributed by atoms with E-state index in [4.69, 9.17) is 13.6 Å². The van der Waals surface area contributed by atoms with E-state index in [2.05, 4.69) is 23.0 Å². The van der Waals surface area contributed by atoms with Gasteiger partial charge in [0.2, 0.25) is 11.4 Å². The molecular weight excluding hydrogens is 604 g/mol. The molecule has 0 aliphatic heterocycles. The number of ether oxygens (including phenoxy) is 1. The number of unbranched alkanes of at least 4 members (excludes halogenated alkanes) is 1. The molecule has 9 nitrogen and oxygen atoms in total. The zero-order valence-electron chi connectivity index (χ0n) is 28.5. The van der Waals surface area contributed by atoms with E-state index >= 15 is 0 Å². The molecule has 4 aromatic heterocycles. The molecule has 0 N–H and O–H groups in total. The van der Waals surface area contributed by atoms with Crippen molar-refractivity contribution in [3.8, 4) is 5.75 Å². The van der Waals surface area contributed by atoms with Gasteiger partial charge in [0.05, 0.1) is 18.1 Å². The minimum absolute atomic E-state index is 0.0563. The normalized spacial score (nSPS) is 13.5. The van der Waals surface area contributed by atoms with Gasteiger partial charge >= 0.3 is 0 Å². The van der Waals surface area contributed by atoms with E-state index in [0.717, 1.165) is 76.1 Å². The van der Waals surface area contributed by atoms with Gasteiger partial charge in [0, 0.05) is 53.8 Å². The Balaban J connectivity index is 0.000000168. The first-order valence-electron chi connectivity index (χ1n) is 17.0. The fourth-order valence-corrected chi connectivity index (χ4v) is 6.40. The maximum atomic E-state index is 12.8. The third-order valence-electron chi connectivity index (χ3n) is 9.28. The molecule has 6 aromatic rings. The Morgan fingerprint density at radius 1 is 0.792 bits per heavy atom. The fraction of sp³-hybridized carbons (Fsp3) is 0.385. The molecule has 0 unspecified atom stereocenters. The SMILES string of the molecule is CCCCN(CC)C(=O)c1cc2cc3ccc(C)cc3nc2o1.COc1ccc2cc3cc(C(=O)N(C)C4CCCCC4)oc3nc2c1. The zero-order chi connectivity index (χ0) is 33.8. The molecule has 1 saturated carbocycles. The van der Waals surface area contributed by atoms with Gasteiger partial charge in [-0.05, 0) is 81.1 Å². The monoisotopic (exact) mass is 648 g/mol. The van der Waals surface area contributed by atoms with E-state index in [0.29, 0.717) is 35.5 Å². The van der Waals surface area contributed by atoms with Crippen LogP contribution >= 0.6 is 0 Å². The van der Waals surface area contributed by atoms with E-state index in [-0.39, 0.29) is 11.8 Å². The van der Waals surface area contributed by atoms with Gasteiger partial charge in [0.25, 0.3) is 11.8 Å². The van der Waals surface area contributed by atoms with Gasteiger partial charge in [0.15, 0.2) is 11.5 Å². The average Bonchev–Trinajstić information content (AvgIpc) is 3.73. The van der Waals surface area contributed by atoms with Crippen LogP contribution in [0.4, 0.5) is 0 Å². The predicted molar refractivity (Wildman–Crippen MR) is 190 cm³/mol. The average molecular weight is 649 g/mol. The lowest BCUT2D eigenvalue weighted by molar-refractivity contribution is 0.0665. The molecule has 2 aromatic carbocycles. The molecule has 0 radical (unpaired) electrons. The Hall–Kier alpha value is -4.92. The number of amides is 2. The van der Waals surface area contributed by atoms with Crippen LogP contribution in [-0.4, -0.2) is 64.9 Å². The van der Waals surface area contributed by atoms with Crippen molar-refractivity contribution in [3.63, 3.8) is 0 Å². The van der Waals surface area contributed by atoms with Crippen molar-refractivity contribution in [1.82, 2.24) is 19.8 Å². The maximum Gasteiger partial charge on any atom is 0.289 e. The molecule has 0 spiro atoms. The molecular formula is C39H44N4O5. The number of benzene rings is 2. The summed E-state index contributed by atoms with van der Waals surface area (Å²) in [5.74, 6) is 1.36. The van der Waals surface area contributed by atoms with Crippen molar-refractivity contribution < 1.29 is 23.2 Å². The summed E-state index contributed by atoms with van der Waals surface area (Å²) >= 11 is 0. The number of carbonyl (C=O) groups excluding carboxylic acids is 2. The summed E-state index contributed by atoms with van der Waals surface area (Å²) in [6.45, 7) is 7.60. The lowest BCUT2D eigenvalue weighted by atomic mass is 9.94. The topological polar surface area (TPSA) is 102 Å². The summed E-state index contributed by atoms with van der Waals surface area (Å²) in [5, 5.41) is 3.77. The molecule has 250 valence electrons. The molecule has 4 heterocycles. The molecule has 0 saturated heterocycles. The van der Waals surface area contributed by atoms with Gasteiger partial charge < -0.3 is 23.4 Å². The summed E-state index contributed by atoms with van der Waals surface area (Å²) in [6, 6.07) is 19.8. The van der Waals surface area contributed by atoms with Gasteiger partial charge in [-0.25, -0.2) is 9.97 Å². The van der Waals surface area contributed by atoms with E-state index in [1.54, 1.807) is 19.2 Å². The number of furan rings is 2. The zero-order valence-corrected chi connectivity index (χ0v) is 28.5. The minimum atomic E-state index is -0.0634. The Bertz CT molecular complexity index is 2070. The van der Waals surface area contributed by atoms with Crippen LogP contribution in [0.15, 0.2) is 69.5 Å². The van der Waals surface area contributed by atoms with Crippen LogP contribution in [0.5, 0.6) is 5.75 Å². The number of pyridine rings is 2. The highest BCUT2D eigenvalue weighted by Gasteiger charge is 2.25.